The summed E-state index contributed by atoms with van der Waals surface area (Å²) in [4.78, 5) is 0. The summed E-state index contributed by atoms with van der Waals surface area (Å²) >= 11 is 10.1. The average molecular weight is 440 g/mol. The van der Waals surface area contributed by atoms with E-state index < -0.39 is 20.2 Å². The summed E-state index contributed by atoms with van der Waals surface area (Å²) in [5, 5.41) is 1.44. The van der Waals surface area contributed by atoms with Gasteiger partial charge in [-0.3, -0.25) is 0 Å². The van der Waals surface area contributed by atoms with Crippen molar-refractivity contribution in [2.75, 3.05) is 0 Å². The van der Waals surface area contributed by atoms with Gasteiger partial charge in [-0.25, -0.2) is 0 Å². The van der Waals surface area contributed by atoms with E-state index >= 15 is 0 Å². The second-order valence-electron chi connectivity index (χ2n) is 4.77. The Bertz CT molecular complexity index is 742. The van der Waals surface area contributed by atoms with Gasteiger partial charge in [0.25, 0.3) is 0 Å². The third-order valence-corrected chi connectivity index (χ3v) is 10.5. The van der Waals surface area contributed by atoms with Crippen LogP contribution in [0.5, 0.6) is 0 Å². The molecular weight excluding hydrogens is 428 g/mol. The van der Waals surface area contributed by atoms with Crippen molar-refractivity contribution in [3.05, 3.63) is 88.7 Å². The predicted molar refractivity (Wildman–Crippen MR) is 94.0 cm³/mol. The van der Waals surface area contributed by atoms with E-state index in [-0.39, 0.29) is 5.82 Å². The van der Waals surface area contributed by atoms with Crippen molar-refractivity contribution >= 4 is 53.9 Å². The molecule has 4 heteroatoms. The average Bonchev–Trinajstić information content (AvgIpc) is 2.50. The number of benzene rings is 3. The van der Waals surface area contributed by atoms with E-state index in [1.807, 2.05) is 48.5 Å². The first-order valence-corrected chi connectivity index (χ1v) is 11.3. The standard InChI is InChI=1S/2C6H4Cl.C6H4F.Sb/c3*7-6-4-2-1-3-5-6;/h2*1-2,4-5H;2-5H;. The Morgan fingerprint density at radius 2 is 1.14 bits per heavy atom. The van der Waals surface area contributed by atoms with Crippen LogP contribution in [0.3, 0.4) is 0 Å². The molecule has 3 aromatic rings. The molecule has 0 heterocycles. The molecule has 0 aliphatic rings. The van der Waals surface area contributed by atoms with Crippen LogP contribution in [0.1, 0.15) is 0 Å². The monoisotopic (exact) mass is 438 g/mol. The quantitative estimate of drug-likeness (QED) is 0.546. The summed E-state index contributed by atoms with van der Waals surface area (Å²) in [6, 6.07) is 22.6. The maximum absolute atomic E-state index is 13.3. The van der Waals surface area contributed by atoms with Crippen LogP contribution in [0.15, 0.2) is 72.8 Å². The summed E-state index contributed by atoms with van der Waals surface area (Å²) in [7, 11) is 0. The van der Waals surface area contributed by atoms with Gasteiger partial charge in [-0.05, 0) is 0 Å². The SMILES string of the molecule is Fc1cc[c]([Sb]([c]2cccc(Cl)c2)[c]2cccc(Cl)c2)cc1. The van der Waals surface area contributed by atoms with Crippen molar-refractivity contribution in [2.45, 2.75) is 0 Å². The van der Waals surface area contributed by atoms with Crippen molar-refractivity contribution in [2.24, 2.45) is 0 Å². The third-order valence-electron chi connectivity index (χ3n) is 3.22. The molecule has 0 unspecified atom stereocenters. The van der Waals surface area contributed by atoms with Crippen molar-refractivity contribution in [3.63, 3.8) is 0 Å². The minimum absolute atomic E-state index is 0.221. The molecule has 0 nitrogen and oxygen atoms in total. The van der Waals surface area contributed by atoms with Crippen LogP contribution in [0.25, 0.3) is 0 Å². The summed E-state index contributed by atoms with van der Waals surface area (Å²) in [5.41, 5.74) is 0. The first-order valence-electron chi connectivity index (χ1n) is 6.70. The summed E-state index contributed by atoms with van der Waals surface area (Å²) in [6.45, 7) is 0. The molecule has 22 heavy (non-hydrogen) atoms. The van der Waals surface area contributed by atoms with Crippen LogP contribution in [-0.2, 0) is 0 Å². The fraction of sp³-hybridized carbons (Fsp3) is 0. The maximum atomic E-state index is 13.3. The van der Waals surface area contributed by atoms with Gasteiger partial charge in [0.05, 0.1) is 0 Å². The first kappa shape index (κ1) is 15.9. The van der Waals surface area contributed by atoms with Gasteiger partial charge in [0.15, 0.2) is 0 Å². The molecule has 0 saturated heterocycles. The van der Waals surface area contributed by atoms with E-state index in [1.165, 1.54) is 22.7 Å². The zero-order chi connectivity index (χ0) is 15.5. The molecule has 0 fully saturated rings. The second kappa shape index (κ2) is 7.04. The zero-order valence-corrected chi connectivity index (χ0v) is 15.6. The Balaban J connectivity index is 2.15. The fourth-order valence-corrected chi connectivity index (χ4v) is 9.81. The molecule has 0 spiro atoms. The topological polar surface area (TPSA) is 0 Å². The van der Waals surface area contributed by atoms with Crippen LogP contribution in [-0.4, -0.2) is 20.2 Å². The molecule has 0 aliphatic carbocycles. The zero-order valence-electron chi connectivity index (χ0n) is 11.5. The molecule has 0 radical (unpaired) electrons. The van der Waals surface area contributed by atoms with E-state index in [1.54, 1.807) is 0 Å². The first-order chi connectivity index (χ1) is 10.6. The van der Waals surface area contributed by atoms with Crippen LogP contribution in [0.4, 0.5) is 4.39 Å². The molecule has 3 aromatic carbocycles. The van der Waals surface area contributed by atoms with Gasteiger partial charge in [0.1, 0.15) is 0 Å². The van der Waals surface area contributed by atoms with Gasteiger partial charge < -0.3 is 0 Å². The number of hydrogen-bond acceptors (Lipinski definition) is 0. The van der Waals surface area contributed by atoms with Crippen LogP contribution >= 0.6 is 23.2 Å². The molecule has 0 amide bonds. The molecule has 110 valence electrons. The number of hydrogen-bond donors (Lipinski definition) is 0. The molecule has 0 saturated carbocycles. The summed E-state index contributed by atoms with van der Waals surface area (Å²) in [5.74, 6) is -0.221. The van der Waals surface area contributed by atoms with Crippen molar-refractivity contribution in [1.82, 2.24) is 0 Å². The molecular formula is C18H12Cl2FSb. The number of halogens is 3. The van der Waals surface area contributed by atoms with E-state index in [0.717, 1.165) is 10.0 Å². The predicted octanol–water partition coefficient (Wildman–Crippen LogP) is 3.65. The Kier molecular flexibility index (Phi) is 5.08. The van der Waals surface area contributed by atoms with E-state index in [2.05, 4.69) is 12.1 Å². The molecule has 0 N–H and O–H groups in total. The van der Waals surface area contributed by atoms with Gasteiger partial charge in [-0.1, -0.05) is 0 Å². The Hall–Kier alpha value is -1.01. The number of rotatable bonds is 3. The van der Waals surface area contributed by atoms with Gasteiger partial charge in [0, 0.05) is 0 Å². The molecule has 3 rings (SSSR count). The van der Waals surface area contributed by atoms with Crippen molar-refractivity contribution < 1.29 is 4.39 Å². The van der Waals surface area contributed by atoms with Crippen molar-refractivity contribution in [1.29, 1.82) is 0 Å². The van der Waals surface area contributed by atoms with Crippen LogP contribution < -0.4 is 10.5 Å². The minimum atomic E-state index is -2.26. The Morgan fingerprint density at radius 3 is 1.59 bits per heavy atom. The second-order valence-corrected chi connectivity index (χ2v) is 12.0. The molecule has 0 aliphatic heterocycles. The molecule has 0 bridgehead atoms. The Labute approximate surface area is 146 Å². The normalized spacial score (nSPS) is 10.9. The van der Waals surface area contributed by atoms with E-state index in [9.17, 15) is 4.39 Å². The van der Waals surface area contributed by atoms with Gasteiger partial charge >= 0.3 is 147 Å². The summed E-state index contributed by atoms with van der Waals surface area (Å²) < 4.78 is 16.9. The Morgan fingerprint density at radius 1 is 0.636 bits per heavy atom. The van der Waals surface area contributed by atoms with Gasteiger partial charge in [0.2, 0.25) is 0 Å². The van der Waals surface area contributed by atoms with E-state index in [4.69, 9.17) is 23.2 Å². The van der Waals surface area contributed by atoms with Gasteiger partial charge in [-0.2, -0.15) is 0 Å². The van der Waals surface area contributed by atoms with Crippen LogP contribution in [0.2, 0.25) is 10.0 Å². The van der Waals surface area contributed by atoms with Crippen molar-refractivity contribution in [3.8, 4) is 0 Å². The summed E-state index contributed by atoms with van der Waals surface area (Å²) in [6.07, 6.45) is 0. The van der Waals surface area contributed by atoms with Gasteiger partial charge in [-0.15, -0.1) is 0 Å². The fourth-order valence-electron chi connectivity index (χ4n) is 2.27. The molecule has 0 atom stereocenters. The van der Waals surface area contributed by atoms with E-state index in [0.29, 0.717) is 0 Å². The molecule has 0 aromatic heterocycles. The third kappa shape index (κ3) is 3.66. The van der Waals surface area contributed by atoms with Crippen LogP contribution in [0, 0.1) is 5.82 Å².